The van der Waals surface area contributed by atoms with Crippen LogP contribution >= 0.6 is 15.9 Å². The van der Waals surface area contributed by atoms with E-state index in [0.717, 1.165) is 34.4 Å². The number of fused-ring (bicyclic) bond motifs is 1. The fraction of sp³-hybridized carbons (Fsp3) is 0.500. The van der Waals surface area contributed by atoms with Crippen LogP contribution < -0.4 is 9.47 Å². The highest BCUT2D eigenvalue weighted by Gasteiger charge is 2.46. The summed E-state index contributed by atoms with van der Waals surface area (Å²) in [7, 11) is 0. The van der Waals surface area contributed by atoms with Crippen LogP contribution in [0.1, 0.15) is 24.8 Å². The van der Waals surface area contributed by atoms with Gasteiger partial charge in [-0.25, -0.2) is 0 Å². The molecular formula is C14H15BrO4. The van der Waals surface area contributed by atoms with Crippen molar-refractivity contribution in [3.8, 4) is 11.5 Å². The molecule has 1 heterocycles. The Balaban J connectivity index is 1.82. The molecule has 3 rings (SSSR count). The first-order valence-electron chi connectivity index (χ1n) is 6.38. The summed E-state index contributed by atoms with van der Waals surface area (Å²) < 4.78 is 12.5. The second-order valence-electron chi connectivity index (χ2n) is 5.38. The van der Waals surface area contributed by atoms with E-state index < -0.39 is 5.97 Å². The summed E-state index contributed by atoms with van der Waals surface area (Å²) in [5.41, 5.74) is 1.16. The van der Waals surface area contributed by atoms with Crippen molar-refractivity contribution in [1.29, 1.82) is 0 Å². The van der Waals surface area contributed by atoms with E-state index >= 15 is 0 Å². The second kappa shape index (κ2) is 4.71. The molecule has 0 amide bonds. The number of halogens is 1. The number of hydrogen-bond acceptors (Lipinski definition) is 3. The summed E-state index contributed by atoms with van der Waals surface area (Å²) in [6.45, 7) is 1.39. The van der Waals surface area contributed by atoms with Crippen LogP contribution in [0.4, 0.5) is 0 Å². The van der Waals surface area contributed by atoms with Gasteiger partial charge in [0.1, 0.15) is 0 Å². The lowest BCUT2D eigenvalue weighted by Gasteiger charge is -2.11. The molecule has 0 saturated heterocycles. The van der Waals surface area contributed by atoms with Gasteiger partial charge in [0.2, 0.25) is 0 Å². The fourth-order valence-corrected chi connectivity index (χ4v) is 2.83. The van der Waals surface area contributed by atoms with Gasteiger partial charge in [-0.1, -0.05) is 0 Å². The lowest BCUT2D eigenvalue weighted by Crippen LogP contribution is -2.17. The smallest absolute Gasteiger partial charge is 0.303 e. The Morgan fingerprint density at radius 2 is 2.05 bits per heavy atom. The van der Waals surface area contributed by atoms with Crippen LogP contribution in [0.15, 0.2) is 16.6 Å². The predicted molar refractivity (Wildman–Crippen MR) is 72.8 cm³/mol. The normalized spacial score (nSPS) is 19.0. The number of carboxylic acids is 1. The molecule has 1 saturated carbocycles. The van der Waals surface area contributed by atoms with Crippen LogP contribution in [-0.2, 0) is 11.2 Å². The van der Waals surface area contributed by atoms with E-state index in [-0.39, 0.29) is 11.8 Å². The second-order valence-corrected chi connectivity index (χ2v) is 6.23. The molecule has 1 aliphatic carbocycles. The molecule has 0 aromatic heterocycles. The highest BCUT2D eigenvalue weighted by molar-refractivity contribution is 9.10. The molecule has 19 heavy (non-hydrogen) atoms. The minimum absolute atomic E-state index is 0.121. The van der Waals surface area contributed by atoms with Gasteiger partial charge in [-0.15, -0.1) is 0 Å². The van der Waals surface area contributed by atoms with Crippen LogP contribution in [0.3, 0.4) is 0 Å². The van der Waals surface area contributed by atoms with Crippen molar-refractivity contribution >= 4 is 21.9 Å². The molecule has 1 aliphatic heterocycles. The number of ether oxygens (including phenoxy) is 2. The average Bonchev–Trinajstić information content (AvgIpc) is 3.15. The number of rotatable bonds is 3. The van der Waals surface area contributed by atoms with Gasteiger partial charge in [-0.2, -0.15) is 0 Å². The van der Waals surface area contributed by atoms with Gasteiger partial charge >= 0.3 is 5.97 Å². The Hall–Kier alpha value is -1.23. The van der Waals surface area contributed by atoms with Crippen LogP contribution in [0.5, 0.6) is 11.5 Å². The molecule has 1 aromatic carbocycles. The zero-order valence-corrected chi connectivity index (χ0v) is 12.0. The standard InChI is InChI=1S/C14H15BrO4/c15-10-5-9(1-2-12(16)17)6-11-13(10)19-8-14(3-4-14)7-18-11/h5-6H,1-4,7-8H2,(H,16,17). The first kappa shape index (κ1) is 12.8. The van der Waals surface area contributed by atoms with E-state index in [2.05, 4.69) is 15.9 Å². The maximum atomic E-state index is 10.6. The van der Waals surface area contributed by atoms with Gasteiger partial charge in [0.05, 0.1) is 17.7 Å². The van der Waals surface area contributed by atoms with E-state index in [1.54, 1.807) is 0 Å². The van der Waals surface area contributed by atoms with Crippen molar-refractivity contribution in [3.63, 3.8) is 0 Å². The third-order valence-electron chi connectivity index (χ3n) is 3.71. The molecule has 0 unspecified atom stereocenters. The Bertz CT molecular complexity index is 522. The highest BCUT2D eigenvalue weighted by Crippen LogP contribution is 2.50. The molecule has 1 aromatic rings. The quantitative estimate of drug-likeness (QED) is 0.927. The molecule has 0 radical (unpaired) electrons. The Labute approximate surface area is 119 Å². The van der Waals surface area contributed by atoms with Gasteiger partial charge < -0.3 is 14.6 Å². The molecule has 1 fully saturated rings. The van der Waals surface area contributed by atoms with Gasteiger partial charge in [-0.05, 0) is 52.9 Å². The fourth-order valence-electron chi connectivity index (χ4n) is 2.23. The minimum atomic E-state index is -0.792. The summed E-state index contributed by atoms with van der Waals surface area (Å²) in [6, 6.07) is 3.81. The minimum Gasteiger partial charge on any atom is -0.489 e. The Kier molecular flexibility index (Phi) is 3.17. The number of aryl methyl sites for hydroxylation is 1. The van der Waals surface area contributed by atoms with E-state index in [9.17, 15) is 4.79 Å². The number of benzene rings is 1. The van der Waals surface area contributed by atoms with Crippen molar-refractivity contribution in [2.24, 2.45) is 5.41 Å². The molecule has 5 heteroatoms. The molecule has 1 N–H and O–H groups in total. The van der Waals surface area contributed by atoms with E-state index in [1.165, 1.54) is 0 Å². The summed E-state index contributed by atoms with van der Waals surface area (Å²) in [6.07, 6.45) is 2.93. The molecule has 102 valence electrons. The molecular weight excluding hydrogens is 312 g/mol. The molecule has 0 atom stereocenters. The predicted octanol–water partition coefficient (Wildman–Crippen LogP) is 3.02. The summed E-state index contributed by atoms with van der Waals surface area (Å²) in [5, 5.41) is 8.74. The number of carbonyl (C=O) groups is 1. The van der Waals surface area contributed by atoms with Crippen molar-refractivity contribution < 1.29 is 19.4 Å². The maximum Gasteiger partial charge on any atom is 0.303 e. The zero-order chi connectivity index (χ0) is 13.5. The monoisotopic (exact) mass is 326 g/mol. The Morgan fingerprint density at radius 1 is 1.32 bits per heavy atom. The number of hydrogen-bond donors (Lipinski definition) is 1. The summed E-state index contributed by atoms with van der Waals surface area (Å²) in [5.74, 6) is 0.668. The number of carboxylic acid groups (broad SMARTS) is 1. The van der Waals surface area contributed by atoms with E-state index in [0.29, 0.717) is 19.6 Å². The van der Waals surface area contributed by atoms with Crippen LogP contribution in [0, 0.1) is 5.41 Å². The summed E-state index contributed by atoms with van der Waals surface area (Å²) in [4.78, 5) is 10.6. The number of aliphatic carboxylic acids is 1. The zero-order valence-electron chi connectivity index (χ0n) is 10.4. The van der Waals surface area contributed by atoms with E-state index in [4.69, 9.17) is 14.6 Å². The van der Waals surface area contributed by atoms with Crippen molar-refractivity contribution in [1.82, 2.24) is 0 Å². The highest BCUT2D eigenvalue weighted by atomic mass is 79.9. The molecule has 2 aliphatic rings. The van der Waals surface area contributed by atoms with Gasteiger partial charge in [-0.3, -0.25) is 4.79 Å². The molecule has 0 bridgehead atoms. The van der Waals surface area contributed by atoms with Crippen LogP contribution in [0.2, 0.25) is 0 Å². The molecule has 1 spiro atoms. The lowest BCUT2D eigenvalue weighted by molar-refractivity contribution is -0.136. The maximum absolute atomic E-state index is 10.6. The topological polar surface area (TPSA) is 55.8 Å². The lowest BCUT2D eigenvalue weighted by atomic mass is 10.1. The van der Waals surface area contributed by atoms with Crippen molar-refractivity contribution in [2.45, 2.75) is 25.7 Å². The van der Waals surface area contributed by atoms with Gasteiger partial charge in [0.15, 0.2) is 11.5 Å². The van der Waals surface area contributed by atoms with Crippen molar-refractivity contribution in [3.05, 3.63) is 22.2 Å². The largest absolute Gasteiger partial charge is 0.489 e. The van der Waals surface area contributed by atoms with Gasteiger partial charge in [0, 0.05) is 11.8 Å². The van der Waals surface area contributed by atoms with Crippen LogP contribution in [-0.4, -0.2) is 24.3 Å². The Morgan fingerprint density at radius 3 is 2.74 bits per heavy atom. The molecule has 4 nitrogen and oxygen atoms in total. The van der Waals surface area contributed by atoms with Crippen molar-refractivity contribution in [2.75, 3.05) is 13.2 Å². The third kappa shape index (κ3) is 2.71. The summed E-state index contributed by atoms with van der Waals surface area (Å²) >= 11 is 3.48. The first-order chi connectivity index (χ1) is 9.08. The average molecular weight is 327 g/mol. The first-order valence-corrected chi connectivity index (χ1v) is 7.17. The van der Waals surface area contributed by atoms with Gasteiger partial charge in [0.25, 0.3) is 0 Å². The SMILES string of the molecule is O=C(O)CCc1cc(Br)c2c(c1)OCC1(CC1)CO2. The third-order valence-corrected chi connectivity index (χ3v) is 4.30. The van der Waals surface area contributed by atoms with Crippen LogP contribution in [0.25, 0.3) is 0 Å². The van der Waals surface area contributed by atoms with E-state index in [1.807, 2.05) is 12.1 Å².